The molecule has 2 aliphatic carbocycles. The molecule has 3 N–H and O–H groups in total. The zero-order valence-electron chi connectivity index (χ0n) is 19.2. The van der Waals surface area contributed by atoms with Gasteiger partial charge in [-0.1, -0.05) is 27.7 Å². The van der Waals surface area contributed by atoms with Gasteiger partial charge in [-0.15, -0.1) is 0 Å². The number of nitrogens with two attached hydrogens (primary N) is 1. The number of ketones is 2. The molecule has 3 aliphatic rings. The summed E-state index contributed by atoms with van der Waals surface area (Å²) in [4.78, 5) is 38.0. The highest BCUT2D eigenvalue weighted by molar-refractivity contribution is 9.11. The van der Waals surface area contributed by atoms with Crippen LogP contribution in [0.4, 0.5) is 0 Å². The van der Waals surface area contributed by atoms with E-state index in [1.54, 1.807) is 0 Å². The molecule has 1 heterocycles. The van der Waals surface area contributed by atoms with E-state index in [-0.39, 0.29) is 29.0 Å². The molecule has 1 aromatic carbocycles. The average Bonchev–Trinajstić information content (AvgIpc) is 2.63. The summed E-state index contributed by atoms with van der Waals surface area (Å²) in [5.41, 5.74) is 8.97. The Bertz CT molecular complexity index is 1070. The number of halogens is 2. The van der Waals surface area contributed by atoms with Crippen molar-refractivity contribution in [3.8, 4) is 5.75 Å². The number of hydrogen-bond acceptors (Lipinski definition) is 5. The highest BCUT2D eigenvalue weighted by atomic mass is 79.9. The molecule has 0 spiro atoms. The molecule has 0 saturated heterocycles. The molecule has 0 radical (unpaired) electrons. The second kappa shape index (κ2) is 8.38. The summed E-state index contributed by atoms with van der Waals surface area (Å²) in [6, 6.07) is 3.73. The maximum atomic E-state index is 13.4. The van der Waals surface area contributed by atoms with Crippen LogP contribution in [0.3, 0.4) is 0 Å². The Morgan fingerprint density at radius 2 is 1.42 bits per heavy atom. The van der Waals surface area contributed by atoms with E-state index >= 15 is 0 Å². The maximum absolute atomic E-state index is 13.4. The molecule has 8 heteroatoms. The molecule has 0 fully saturated rings. The fourth-order valence-electron chi connectivity index (χ4n) is 5.25. The van der Waals surface area contributed by atoms with Crippen LogP contribution in [0.15, 0.2) is 43.6 Å². The van der Waals surface area contributed by atoms with E-state index in [1.807, 2.05) is 12.1 Å². The Labute approximate surface area is 210 Å². The molecule has 33 heavy (non-hydrogen) atoms. The van der Waals surface area contributed by atoms with Crippen LogP contribution in [-0.4, -0.2) is 24.1 Å². The first-order valence-corrected chi connectivity index (χ1v) is 12.6. The Balaban J connectivity index is 1.87. The number of primary amides is 1. The minimum absolute atomic E-state index is 0.0734. The number of carbonyl (C=O) groups excluding carboxylic acids is 3. The van der Waals surface area contributed by atoms with Crippen molar-refractivity contribution >= 4 is 49.3 Å². The zero-order valence-corrected chi connectivity index (χ0v) is 22.4. The predicted molar refractivity (Wildman–Crippen MR) is 133 cm³/mol. The van der Waals surface area contributed by atoms with Gasteiger partial charge in [0.05, 0.1) is 8.95 Å². The molecule has 0 bridgehead atoms. The fraction of sp³-hybridized carbons (Fsp3) is 0.480. The topological polar surface area (TPSA) is 98.5 Å². The molecule has 176 valence electrons. The van der Waals surface area contributed by atoms with E-state index in [1.165, 1.54) is 0 Å². The number of amides is 1. The molecule has 1 aliphatic heterocycles. The van der Waals surface area contributed by atoms with Gasteiger partial charge in [0.2, 0.25) is 0 Å². The van der Waals surface area contributed by atoms with E-state index in [0.717, 1.165) is 29.8 Å². The molecule has 0 saturated carbocycles. The largest absolute Gasteiger partial charge is 0.481 e. The lowest BCUT2D eigenvalue weighted by molar-refractivity contribution is -0.120. The SMILES string of the molecule is CC1(C)CC(=O)C2=C(C1)NC1=C(C(=O)CC(C)(C)C1)C2c1cc(Br)c(OCC(N)=O)c(Br)c1. The van der Waals surface area contributed by atoms with Crippen LogP contribution in [0, 0.1) is 10.8 Å². The highest BCUT2D eigenvalue weighted by Gasteiger charge is 2.46. The minimum atomic E-state index is -0.577. The monoisotopic (exact) mass is 578 g/mol. The number of hydrogen-bond donors (Lipinski definition) is 2. The average molecular weight is 580 g/mol. The van der Waals surface area contributed by atoms with E-state index < -0.39 is 11.8 Å². The van der Waals surface area contributed by atoms with E-state index in [4.69, 9.17) is 10.5 Å². The summed E-state index contributed by atoms with van der Waals surface area (Å²) in [5.74, 6) is -0.427. The third kappa shape index (κ3) is 4.69. The van der Waals surface area contributed by atoms with Gasteiger partial charge in [-0.3, -0.25) is 14.4 Å². The number of benzene rings is 1. The minimum Gasteiger partial charge on any atom is -0.481 e. The van der Waals surface area contributed by atoms with Gasteiger partial charge >= 0.3 is 0 Å². The Kier molecular flexibility index (Phi) is 6.15. The highest BCUT2D eigenvalue weighted by Crippen LogP contribution is 2.52. The lowest BCUT2D eigenvalue weighted by atomic mass is 9.64. The molecule has 0 unspecified atom stereocenters. The summed E-state index contributed by atoms with van der Waals surface area (Å²) < 4.78 is 6.77. The third-order valence-electron chi connectivity index (χ3n) is 6.43. The lowest BCUT2D eigenvalue weighted by Gasteiger charge is -2.44. The van der Waals surface area contributed by atoms with Crippen LogP contribution in [0.1, 0.15) is 64.9 Å². The summed E-state index contributed by atoms with van der Waals surface area (Å²) in [6.45, 7) is 8.15. The summed E-state index contributed by atoms with van der Waals surface area (Å²) in [5, 5.41) is 3.52. The normalized spacial score (nSPS) is 22.0. The van der Waals surface area contributed by atoms with Crippen molar-refractivity contribution < 1.29 is 19.1 Å². The van der Waals surface area contributed by atoms with E-state index in [2.05, 4.69) is 64.9 Å². The Morgan fingerprint density at radius 3 is 1.85 bits per heavy atom. The smallest absolute Gasteiger partial charge is 0.255 e. The molecular formula is C25H28Br2N2O4. The first-order valence-electron chi connectivity index (χ1n) is 11.0. The molecule has 1 amide bonds. The van der Waals surface area contributed by atoms with Crippen LogP contribution in [0.2, 0.25) is 0 Å². The van der Waals surface area contributed by atoms with Crippen molar-refractivity contribution in [1.29, 1.82) is 0 Å². The van der Waals surface area contributed by atoms with E-state index in [9.17, 15) is 14.4 Å². The molecular weight excluding hydrogens is 552 g/mol. The van der Waals surface area contributed by atoms with Crippen LogP contribution >= 0.6 is 31.9 Å². The second-order valence-electron chi connectivity index (χ2n) is 10.8. The van der Waals surface area contributed by atoms with Crippen LogP contribution < -0.4 is 15.8 Å². The number of allylic oxidation sites excluding steroid dienone is 4. The number of ether oxygens (including phenoxy) is 1. The summed E-state index contributed by atoms with van der Waals surface area (Å²) in [7, 11) is 0. The van der Waals surface area contributed by atoms with Gasteiger partial charge in [0.1, 0.15) is 5.75 Å². The summed E-state index contributed by atoms with van der Waals surface area (Å²) >= 11 is 7.06. The lowest BCUT2D eigenvalue weighted by Crippen LogP contribution is -2.42. The molecule has 6 nitrogen and oxygen atoms in total. The maximum Gasteiger partial charge on any atom is 0.255 e. The van der Waals surface area contributed by atoms with Gasteiger partial charge in [0.15, 0.2) is 18.2 Å². The van der Waals surface area contributed by atoms with Gasteiger partial charge in [-0.05, 0) is 73.2 Å². The first kappa shape index (κ1) is 24.2. The number of Topliss-reactive ketones (excluding diaryl/α,β-unsaturated/α-hetero) is 2. The Hall–Kier alpha value is -1.93. The molecule has 1 aromatic rings. The zero-order chi connectivity index (χ0) is 24.3. The molecule has 4 rings (SSSR count). The first-order chi connectivity index (χ1) is 15.3. The van der Waals surface area contributed by atoms with Crippen molar-refractivity contribution in [2.45, 2.75) is 59.3 Å². The van der Waals surface area contributed by atoms with Gasteiger partial charge in [0.25, 0.3) is 5.91 Å². The number of nitrogens with one attached hydrogen (secondary N) is 1. The van der Waals surface area contributed by atoms with Gasteiger partial charge in [-0.25, -0.2) is 0 Å². The predicted octanol–water partition coefficient (Wildman–Crippen LogP) is 5.05. The van der Waals surface area contributed by atoms with Crippen LogP contribution in [0.5, 0.6) is 5.75 Å². The van der Waals surface area contributed by atoms with Crippen molar-refractivity contribution in [3.63, 3.8) is 0 Å². The molecule has 0 aromatic heterocycles. The quantitative estimate of drug-likeness (QED) is 0.520. The number of dihydropyridines is 1. The van der Waals surface area contributed by atoms with Crippen molar-refractivity contribution in [3.05, 3.63) is 49.2 Å². The van der Waals surface area contributed by atoms with E-state index in [0.29, 0.717) is 38.7 Å². The van der Waals surface area contributed by atoms with Crippen LogP contribution in [-0.2, 0) is 14.4 Å². The van der Waals surface area contributed by atoms with Crippen LogP contribution in [0.25, 0.3) is 0 Å². The van der Waals surface area contributed by atoms with Gasteiger partial charge < -0.3 is 15.8 Å². The Morgan fingerprint density at radius 1 is 0.970 bits per heavy atom. The summed E-state index contributed by atoms with van der Waals surface area (Å²) in [6.07, 6.45) is 2.37. The standard InChI is InChI=1S/C25H28Br2N2O4/c1-24(2)7-15-21(17(30)9-24)20(22-16(29-15)8-25(3,4)10-18(22)31)12-5-13(26)23(14(27)6-12)33-11-19(28)32/h5-6,20,29H,7-11H2,1-4H3,(H2,28,32). The second-order valence-corrected chi connectivity index (χ2v) is 12.5. The van der Waals surface area contributed by atoms with Crippen molar-refractivity contribution in [2.75, 3.05) is 6.61 Å². The van der Waals surface area contributed by atoms with Gasteiger partial charge in [0, 0.05) is 41.3 Å². The third-order valence-corrected chi connectivity index (χ3v) is 7.61. The number of carbonyl (C=O) groups is 3. The molecule has 0 atom stereocenters. The van der Waals surface area contributed by atoms with Gasteiger partial charge in [-0.2, -0.15) is 0 Å². The van der Waals surface area contributed by atoms with Crippen molar-refractivity contribution in [2.24, 2.45) is 16.6 Å². The number of rotatable bonds is 4. The fourth-order valence-corrected chi connectivity index (χ4v) is 6.70. The van der Waals surface area contributed by atoms with Crippen molar-refractivity contribution in [1.82, 2.24) is 5.32 Å².